The average Bonchev–Trinajstić information content (AvgIpc) is 2.62. The number of esters is 1. The Morgan fingerprint density at radius 1 is 1.38 bits per heavy atom. The van der Waals surface area contributed by atoms with Crippen molar-refractivity contribution in [3.05, 3.63) is 40.2 Å². The average molecular weight is 286 g/mol. The summed E-state index contributed by atoms with van der Waals surface area (Å²) in [5.74, 6) is -0.751. The van der Waals surface area contributed by atoms with Gasteiger partial charge < -0.3 is 14.6 Å². The van der Waals surface area contributed by atoms with Gasteiger partial charge in [-0.25, -0.2) is 4.79 Å². The SMILES string of the molecule is CCOC(=O)c1cn2c3c(cccc3c1=O)NC(=O)CC2. The number of carbonyl (C=O) groups is 2. The number of aromatic nitrogens is 1. The summed E-state index contributed by atoms with van der Waals surface area (Å²) in [5.41, 5.74) is 0.845. The Balaban J connectivity index is 2.31. The van der Waals surface area contributed by atoms with Crippen LogP contribution in [0.1, 0.15) is 23.7 Å². The highest BCUT2D eigenvalue weighted by Crippen LogP contribution is 2.24. The molecule has 1 N–H and O–H groups in total. The number of carbonyl (C=O) groups excluding carboxylic acids is 2. The first-order valence-electron chi connectivity index (χ1n) is 6.75. The van der Waals surface area contributed by atoms with E-state index in [0.717, 1.165) is 0 Å². The van der Waals surface area contributed by atoms with Crippen LogP contribution in [0.5, 0.6) is 0 Å². The number of nitrogens with zero attached hydrogens (tertiary/aromatic N) is 1. The Hall–Kier alpha value is -2.63. The van der Waals surface area contributed by atoms with Crippen LogP contribution in [0.25, 0.3) is 10.9 Å². The highest BCUT2D eigenvalue weighted by atomic mass is 16.5. The summed E-state index contributed by atoms with van der Waals surface area (Å²) in [4.78, 5) is 36.1. The monoisotopic (exact) mass is 286 g/mol. The maximum atomic E-state index is 12.5. The molecule has 21 heavy (non-hydrogen) atoms. The molecular formula is C15H14N2O4. The van der Waals surface area contributed by atoms with E-state index in [4.69, 9.17) is 4.74 Å². The van der Waals surface area contributed by atoms with Crippen LogP contribution in [0, 0.1) is 0 Å². The van der Waals surface area contributed by atoms with Gasteiger partial charge in [0.05, 0.1) is 17.8 Å². The number of ether oxygens (including phenoxy) is 1. The predicted octanol–water partition coefficient (Wildman–Crippen LogP) is 1.52. The maximum Gasteiger partial charge on any atom is 0.343 e. The summed E-state index contributed by atoms with van der Waals surface area (Å²) >= 11 is 0. The lowest BCUT2D eigenvalue weighted by Gasteiger charge is -2.12. The number of hydrogen-bond donors (Lipinski definition) is 1. The molecule has 0 spiro atoms. The molecule has 1 aromatic carbocycles. The van der Waals surface area contributed by atoms with Gasteiger partial charge in [0, 0.05) is 24.5 Å². The zero-order chi connectivity index (χ0) is 15.0. The minimum atomic E-state index is -0.637. The lowest BCUT2D eigenvalue weighted by molar-refractivity contribution is -0.116. The van der Waals surface area contributed by atoms with Gasteiger partial charge in [-0.2, -0.15) is 0 Å². The molecule has 1 aliphatic heterocycles. The molecule has 6 nitrogen and oxygen atoms in total. The van der Waals surface area contributed by atoms with Crippen LogP contribution >= 0.6 is 0 Å². The zero-order valence-corrected chi connectivity index (χ0v) is 11.5. The van der Waals surface area contributed by atoms with E-state index in [9.17, 15) is 14.4 Å². The molecule has 1 amide bonds. The Bertz CT molecular complexity index is 807. The van der Waals surface area contributed by atoms with E-state index in [2.05, 4.69) is 5.32 Å². The molecule has 0 unspecified atom stereocenters. The van der Waals surface area contributed by atoms with Crippen LogP contribution in [-0.4, -0.2) is 23.1 Å². The van der Waals surface area contributed by atoms with Crippen LogP contribution in [-0.2, 0) is 16.1 Å². The van der Waals surface area contributed by atoms with Gasteiger partial charge in [0.15, 0.2) is 0 Å². The number of benzene rings is 1. The summed E-state index contributed by atoms with van der Waals surface area (Å²) in [6.45, 7) is 2.30. The molecule has 0 radical (unpaired) electrons. The summed E-state index contributed by atoms with van der Waals surface area (Å²) < 4.78 is 6.68. The van der Waals surface area contributed by atoms with E-state index < -0.39 is 5.97 Å². The lowest BCUT2D eigenvalue weighted by atomic mass is 10.1. The number of pyridine rings is 1. The number of anilines is 1. The summed E-state index contributed by atoms with van der Waals surface area (Å²) in [6, 6.07) is 5.08. The second-order valence-corrected chi connectivity index (χ2v) is 4.79. The van der Waals surface area contributed by atoms with Crippen molar-refractivity contribution in [2.45, 2.75) is 19.9 Å². The van der Waals surface area contributed by atoms with Gasteiger partial charge in [-0.3, -0.25) is 9.59 Å². The summed E-state index contributed by atoms with van der Waals surface area (Å²) in [6.07, 6.45) is 1.77. The van der Waals surface area contributed by atoms with Crippen LogP contribution in [0.4, 0.5) is 5.69 Å². The molecule has 3 rings (SSSR count). The molecule has 0 fully saturated rings. The largest absolute Gasteiger partial charge is 0.462 e. The number of rotatable bonds is 2. The van der Waals surface area contributed by atoms with Gasteiger partial charge in [0.2, 0.25) is 11.3 Å². The molecule has 0 saturated heterocycles. The van der Waals surface area contributed by atoms with Gasteiger partial charge in [-0.15, -0.1) is 0 Å². The first-order valence-corrected chi connectivity index (χ1v) is 6.75. The molecule has 0 atom stereocenters. The Labute approximate surface area is 120 Å². The highest BCUT2D eigenvalue weighted by molar-refractivity contribution is 6.03. The van der Waals surface area contributed by atoms with Gasteiger partial charge in [0.25, 0.3) is 0 Å². The second kappa shape index (κ2) is 5.05. The number of para-hydroxylation sites is 1. The first kappa shape index (κ1) is 13.4. The normalized spacial score (nSPS) is 13.7. The third kappa shape index (κ3) is 2.18. The van der Waals surface area contributed by atoms with Crippen molar-refractivity contribution in [1.82, 2.24) is 4.57 Å². The Kier molecular flexibility index (Phi) is 3.21. The zero-order valence-electron chi connectivity index (χ0n) is 11.5. The molecular weight excluding hydrogens is 272 g/mol. The van der Waals surface area contributed by atoms with E-state index in [0.29, 0.717) is 23.1 Å². The van der Waals surface area contributed by atoms with Crippen LogP contribution in [0.3, 0.4) is 0 Å². The summed E-state index contributed by atoms with van der Waals surface area (Å²) in [7, 11) is 0. The van der Waals surface area contributed by atoms with Gasteiger partial charge in [-0.1, -0.05) is 6.07 Å². The highest BCUT2D eigenvalue weighted by Gasteiger charge is 2.20. The fourth-order valence-corrected chi connectivity index (χ4v) is 2.53. The van der Waals surface area contributed by atoms with E-state index in [1.807, 2.05) is 0 Å². The third-order valence-corrected chi connectivity index (χ3v) is 3.45. The van der Waals surface area contributed by atoms with Crippen LogP contribution < -0.4 is 10.7 Å². The van der Waals surface area contributed by atoms with E-state index in [1.165, 1.54) is 6.20 Å². The third-order valence-electron chi connectivity index (χ3n) is 3.45. The van der Waals surface area contributed by atoms with Gasteiger partial charge >= 0.3 is 5.97 Å². The van der Waals surface area contributed by atoms with Gasteiger partial charge in [0.1, 0.15) is 5.56 Å². The van der Waals surface area contributed by atoms with Crippen molar-refractivity contribution in [2.24, 2.45) is 0 Å². The second-order valence-electron chi connectivity index (χ2n) is 4.79. The number of nitrogens with one attached hydrogen (secondary N) is 1. The lowest BCUT2D eigenvalue weighted by Crippen LogP contribution is -2.20. The van der Waals surface area contributed by atoms with Crippen LogP contribution in [0.2, 0.25) is 0 Å². The standard InChI is InChI=1S/C15H14N2O4/c1-2-21-15(20)10-8-17-7-6-12(18)16-11-5-3-4-9(13(11)17)14(10)19/h3-5,8H,2,6-7H2,1H3,(H,16,18). The van der Waals surface area contributed by atoms with Crippen molar-refractivity contribution in [1.29, 1.82) is 0 Å². The fourth-order valence-electron chi connectivity index (χ4n) is 2.53. The van der Waals surface area contributed by atoms with Crippen molar-refractivity contribution < 1.29 is 14.3 Å². The molecule has 2 aromatic rings. The van der Waals surface area contributed by atoms with Crippen molar-refractivity contribution in [3.63, 3.8) is 0 Å². The number of amides is 1. The Morgan fingerprint density at radius 2 is 2.19 bits per heavy atom. The fraction of sp³-hybridized carbons (Fsp3) is 0.267. The maximum absolute atomic E-state index is 12.5. The van der Waals surface area contributed by atoms with Crippen LogP contribution in [0.15, 0.2) is 29.2 Å². The quantitative estimate of drug-likeness (QED) is 0.849. The van der Waals surface area contributed by atoms with Crippen molar-refractivity contribution in [2.75, 3.05) is 11.9 Å². The molecule has 0 bridgehead atoms. The number of aryl methyl sites for hydroxylation is 1. The van der Waals surface area contributed by atoms with Crippen molar-refractivity contribution in [3.8, 4) is 0 Å². The molecule has 0 aliphatic carbocycles. The molecule has 6 heteroatoms. The smallest absolute Gasteiger partial charge is 0.343 e. The van der Waals surface area contributed by atoms with Crippen molar-refractivity contribution >= 4 is 28.5 Å². The van der Waals surface area contributed by atoms with E-state index in [-0.39, 0.29) is 29.9 Å². The molecule has 1 aromatic heterocycles. The molecule has 108 valence electrons. The first-order chi connectivity index (χ1) is 10.1. The van der Waals surface area contributed by atoms with Gasteiger partial charge in [-0.05, 0) is 19.1 Å². The minimum Gasteiger partial charge on any atom is -0.462 e. The Morgan fingerprint density at radius 3 is 2.95 bits per heavy atom. The van der Waals surface area contributed by atoms with E-state index >= 15 is 0 Å². The molecule has 1 aliphatic rings. The summed E-state index contributed by atoms with van der Waals surface area (Å²) in [5, 5.41) is 3.18. The minimum absolute atomic E-state index is 0.00384. The predicted molar refractivity (Wildman–Crippen MR) is 77.4 cm³/mol. The number of hydrogen-bond acceptors (Lipinski definition) is 4. The topological polar surface area (TPSA) is 77.4 Å². The molecule has 2 heterocycles. The molecule has 0 saturated carbocycles. The van der Waals surface area contributed by atoms with E-state index in [1.54, 1.807) is 29.7 Å².